The molecule has 0 fully saturated rings. The number of carbonyl (C=O) groups is 1. The van der Waals surface area contributed by atoms with Crippen molar-refractivity contribution in [3.63, 3.8) is 0 Å². The number of carboxylic acid groups (broad SMARTS) is 1. The summed E-state index contributed by atoms with van der Waals surface area (Å²) in [5, 5.41) is 9.99. The van der Waals surface area contributed by atoms with Crippen LogP contribution in [0.1, 0.15) is 42.1 Å². The van der Waals surface area contributed by atoms with E-state index in [1.807, 2.05) is 72.8 Å². The number of nitrogens with zero attached hydrogens (tertiary/aromatic N) is 1. The van der Waals surface area contributed by atoms with Gasteiger partial charge in [-0.25, -0.2) is 0 Å². The minimum atomic E-state index is -0.840. The molecule has 0 saturated carbocycles. The van der Waals surface area contributed by atoms with Crippen LogP contribution in [0.25, 0.3) is 11.1 Å². The molecular weight excluding hydrogens is 462 g/mol. The number of methoxy groups -OCH3 is 2. The average Bonchev–Trinajstić information content (AvgIpc) is 2.95. The van der Waals surface area contributed by atoms with Gasteiger partial charge in [0.2, 0.25) is 0 Å². The third-order valence-electron chi connectivity index (χ3n) is 6.74. The van der Waals surface area contributed by atoms with Gasteiger partial charge in [0.1, 0.15) is 11.5 Å². The van der Waals surface area contributed by atoms with Crippen LogP contribution in [0.3, 0.4) is 0 Å². The fourth-order valence-corrected chi connectivity index (χ4v) is 4.78. The van der Waals surface area contributed by atoms with Crippen LogP contribution in [-0.4, -0.2) is 30.2 Å². The molecule has 0 amide bonds. The van der Waals surface area contributed by atoms with E-state index in [2.05, 4.69) is 42.2 Å². The van der Waals surface area contributed by atoms with E-state index >= 15 is 0 Å². The molecule has 4 aromatic rings. The van der Waals surface area contributed by atoms with Crippen molar-refractivity contribution in [3.8, 4) is 22.6 Å². The summed E-state index contributed by atoms with van der Waals surface area (Å²) in [5.41, 5.74) is 5.04. The highest BCUT2D eigenvalue weighted by molar-refractivity contribution is 5.73. The largest absolute Gasteiger partial charge is 0.497 e. The van der Waals surface area contributed by atoms with Gasteiger partial charge in [0.15, 0.2) is 0 Å². The normalized spacial score (nSPS) is 12.6. The Morgan fingerprint density at radius 3 is 2.14 bits per heavy atom. The quantitative estimate of drug-likeness (QED) is 0.239. The fourth-order valence-electron chi connectivity index (χ4n) is 4.78. The Kier molecular flexibility index (Phi) is 8.60. The fraction of sp³-hybridized carbons (Fsp3) is 0.219. The van der Waals surface area contributed by atoms with Gasteiger partial charge >= 0.3 is 5.97 Å². The van der Waals surface area contributed by atoms with Crippen LogP contribution in [0, 0.1) is 0 Å². The lowest BCUT2D eigenvalue weighted by Crippen LogP contribution is -2.32. The van der Waals surface area contributed by atoms with Gasteiger partial charge in [-0.15, -0.1) is 0 Å². The third-order valence-corrected chi connectivity index (χ3v) is 6.74. The molecule has 5 heteroatoms. The lowest BCUT2D eigenvalue weighted by molar-refractivity contribution is -0.138. The topological polar surface area (TPSA) is 59.0 Å². The van der Waals surface area contributed by atoms with Gasteiger partial charge in [-0.1, -0.05) is 78.9 Å². The summed E-state index contributed by atoms with van der Waals surface area (Å²) in [6.07, 6.45) is -0.0251. The number of hydrogen-bond acceptors (Lipinski definition) is 4. The summed E-state index contributed by atoms with van der Waals surface area (Å²) in [6, 6.07) is 33.8. The summed E-state index contributed by atoms with van der Waals surface area (Å²) in [7, 11) is 3.28. The monoisotopic (exact) mass is 495 g/mol. The number of hydrogen-bond donors (Lipinski definition) is 1. The van der Waals surface area contributed by atoms with Gasteiger partial charge in [-0.2, -0.15) is 0 Å². The van der Waals surface area contributed by atoms with Crippen LogP contribution >= 0.6 is 0 Å². The molecule has 0 spiro atoms. The summed E-state index contributed by atoms with van der Waals surface area (Å²) in [4.78, 5) is 14.5. The molecule has 190 valence electrons. The maximum absolute atomic E-state index is 12.2. The molecule has 4 rings (SSSR count). The molecule has 0 aliphatic heterocycles. The summed E-state index contributed by atoms with van der Waals surface area (Å²) in [5.74, 6) is 0.617. The maximum atomic E-state index is 12.2. The van der Waals surface area contributed by atoms with Gasteiger partial charge in [-0.05, 0) is 53.4 Å². The van der Waals surface area contributed by atoms with E-state index in [1.165, 1.54) is 0 Å². The van der Waals surface area contributed by atoms with E-state index in [0.717, 1.165) is 39.3 Å². The maximum Gasteiger partial charge on any atom is 0.305 e. The van der Waals surface area contributed by atoms with Crippen LogP contribution in [0.5, 0.6) is 11.5 Å². The first kappa shape index (κ1) is 26.0. The van der Waals surface area contributed by atoms with E-state index in [0.29, 0.717) is 6.54 Å². The number of ether oxygens (including phenoxy) is 2. The Bertz CT molecular complexity index is 1310. The second-order valence-corrected chi connectivity index (χ2v) is 9.05. The van der Waals surface area contributed by atoms with Gasteiger partial charge in [0.05, 0.1) is 20.6 Å². The molecule has 0 aliphatic rings. The minimum absolute atomic E-state index is 0.0132. The van der Waals surface area contributed by atoms with Crippen molar-refractivity contribution < 1.29 is 19.4 Å². The van der Waals surface area contributed by atoms with Crippen molar-refractivity contribution in [2.75, 3.05) is 14.2 Å². The van der Waals surface area contributed by atoms with Crippen LogP contribution in [0.4, 0.5) is 0 Å². The lowest BCUT2D eigenvalue weighted by Gasteiger charge is -2.37. The van der Waals surface area contributed by atoms with E-state index in [4.69, 9.17) is 9.47 Å². The summed E-state index contributed by atoms with van der Waals surface area (Å²) in [6.45, 7) is 2.75. The first-order chi connectivity index (χ1) is 18.0. The van der Waals surface area contributed by atoms with Crippen molar-refractivity contribution in [1.29, 1.82) is 0 Å². The van der Waals surface area contributed by atoms with Gasteiger partial charge in [0.25, 0.3) is 0 Å². The SMILES string of the molecule is COc1ccc(OC)c(-c2cccc(C(CC(=O)O)N(Cc3ccccc3)C(C)c3ccccc3)c2)c1. The van der Waals surface area contributed by atoms with Crippen molar-refractivity contribution in [3.05, 3.63) is 120 Å². The van der Waals surface area contributed by atoms with Crippen molar-refractivity contribution in [2.45, 2.75) is 32.0 Å². The zero-order chi connectivity index (χ0) is 26.2. The lowest BCUT2D eigenvalue weighted by atomic mass is 9.93. The first-order valence-corrected chi connectivity index (χ1v) is 12.4. The zero-order valence-electron chi connectivity index (χ0n) is 21.5. The Morgan fingerprint density at radius 2 is 1.49 bits per heavy atom. The van der Waals surface area contributed by atoms with E-state index in [-0.39, 0.29) is 18.5 Å². The molecular formula is C32H33NO4. The third kappa shape index (κ3) is 6.38. The van der Waals surface area contributed by atoms with Crippen LogP contribution < -0.4 is 9.47 Å². The number of benzene rings is 4. The second kappa shape index (κ2) is 12.2. The highest BCUT2D eigenvalue weighted by atomic mass is 16.5. The summed E-state index contributed by atoms with van der Waals surface area (Å²) < 4.78 is 11.1. The zero-order valence-corrected chi connectivity index (χ0v) is 21.5. The van der Waals surface area contributed by atoms with E-state index in [1.54, 1.807) is 14.2 Å². The first-order valence-electron chi connectivity index (χ1n) is 12.4. The molecule has 0 aliphatic carbocycles. The van der Waals surface area contributed by atoms with Gasteiger partial charge in [0, 0.05) is 24.2 Å². The molecule has 0 saturated heterocycles. The second-order valence-electron chi connectivity index (χ2n) is 9.05. The molecule has 2 unspecified atom stereocenters. The molecule has 2 atom stereocenters. The smallest absolute Gasteiger partial charge is 0.305 e. The van der Waals surface area contributed by atoms with Crippen LogP contribution in [-0.2, 0) is 11.3 Å². The molecule has 5 nitrogen and oxygen atoms in total. The number of carboxylic acids is 1. The Balaban J connectivity index is 1.81. The molecule has 0 aromatic heterocycles. The molecule has 1 N–H and O–H groups in total. The standard InChI is InChI=1S/C32H33NO4/c1-23(25-13-8-5-9-14-25)33(22-24-11-6-4-7-12-24)30(21-32(34)35)27-16-10-15-26(19-27)29-20-28(36-2)17-18-31(29)37-3/h4-20,23,30H,21-22H2,1-3H3,(H,34,35). The number of aliphatic carboxylic acids is 1. The van der Waals surface area contributed by atoms with Crippen molar-refractivity contribution in [1.82, 2.24) is 4.90 Å². The predicted octanol–water partition coefficient (Wildman–Crippen LogP) is 7.15. The van der Waals surface area contributed by atoms with Crippen LogP contribution in [0.2, 0.25) is 0 Å². The average molecular weight is 496 g/mol. The molecule has 37 heavy (non-hydrogen) atoms. The molecule has 0 bridgehead atoms. The minimum Gasteiger partial charge on any atom is -0.497 e. The highest BCUT2D eigenvalue weighted by Gasteiger charge is 2.29. The molecule has 0 radical (unpaired) electrons. The van der Waals surface area contributed by atoms with Crippen molar-refractivity contribution >= 4 is 5.97 Å². The summed E-state index contributed by atoms with van der Waals surface area (Å²) >= 11 is 0. The Morgan fingerprint density at radius 1 is 0.811 bits per heavy atom. The predicted molar refractivity (Wildman–Crippen MR) is 147 cm³/mol. The molecule has 4 aromatic carbocycles. The Labute approximate surface area is 218 Å². The van der Waals surface area contributed by atoms with Crippen LogP contribution in [0.15, 0.2) is 103 Å². The van der Waals surface area contributed by atoms with E-state index in [9.17, 15) is 9.90 Å². The van der Waals surface area contributed by atoms with E-state index < -0.39 is 5.97 Å². The molecule has 0 heterocycles. The number of rotatable bonds is 11. The highest BCUT2D eigenvalue weighted by Crippen LogP contribution is 2.38. The van der Waals surface area contributed by atoms with Gasteiger partial charge in [-0.3, -0.25) is 9.69 Å². The van der Waals surface area contributed by atoms with Gasteiger partial charge < -0.3 is 14.6 Å². The Hall–Kier alpha value is -4.09. The van der Waals surface area contributed by atoms with Crippen molar-refractivity contribution in [2.24, 2.45) is 0 Å².